The normalized spacial score (nSPS) is 30.3. The minimum Gasteiger partial charge on any atom is -0.379 e. The summed E-state index contributed by atoms with van der Waals surface area (Å²) >= 11 is 0. The lowest BCUT2D eigenvalue weighted by molar-refractivity contribution is -0.385. The Hall–Kier alpha value is -1.02. The Balaban J connectivity index is 1.62. The molecule has 3 rings (SSSR count). The van der Waals surface area contributed by atoms with Gasteiger partial charge in [-0.2, -0.15) is 0 Å². The van der Waals surface area contributed by atoms with Crippen LogP contribution in [0.2, 0.25) is 0 Å². The summed E-state index contributed by atoms with van der Waals surface area (Å²) in [5, 5.41) is 0. The van der Waals surface area contributed by atoms with E-state index in [4.69, 9.17) is 28.4 Å². The Morgan fingerprint density at radius 1 is 1.03 bits per heavy atom. The van der Waals surface area contributed by atoms with Gasteiger partial charge in [0, 0.05) is 13.7 Å². The second kappa shape index (κ2) is 11.0. The third-order valence-corrected chi connectivity index (χ3v) is 5.79. The second-order valence-electron chi connectivity index (χ2n) is 8.65. The number of fused-ring (bicyclic) bond motifs is 1. The Morgan fingerprint density at radius 2 is 1.80 bits per heavy atom. The molecule has 0 saturated carbocycles. The average molecular weight is 423 g/mol. The Labute approximate surface area is 181 Å². The van der Waals surface area contributed by atoms with Gasteiger partial charge in [-0.3, -0.25) is 0 Å². The van der Waals surface area contributed by atoms with E-state index in [1.165, 1.54) is 25.7 Å². The maximum Gasteiger partial charge on any atom is 0.222 e. The molecular formula is C24H38O6. The number of hydrogen-bond acceptors (Lipinski definition) is 6. The number of methoxy groups -OCH3 is 1. The van der Waals surface area contributed by atoms with Crippen LogP contribution in [0.25, 0.3) is 0 Å². The number of ether oxygens (including phenoxy) is 6. The molecule has 0 aromatic heterocycles. The van der Waals surface area contributed by atoms with E-state index in [-0.39, 0.29) is 12.2 Å². The number of benzene rings is 1. The number of hydrogen-bond donors (Lipinski definition) is 0. The summed E-state index contributed by atoms with van der Waals surface area (Å²) in [6.45, 7) is 7.97. The highest BCUT2D eigenvalue weighted by atomic mass is 16.8. The maximum atomic E-state index is 6.34. The van der Waals surface area contributed by atoms with Crippen LogP contribution in [0.15, 0.2) is 30.3 Å². The first-order chi connectivity index (χ1) is 14.5. The van der Waals surface area contributed by atoms with Crippen molar-refractivity contribution in [2.24, 2.45) is 0 Å². The molecule has 1 aromatic carbocycles. The zero-order chi connectivity index (χ0) is 21.5. The van der Waals surface area contributed by atoms with Crippen molar-refractivity contribution in [1.29, 1.82) is 0 Å². The summed E-state index contributed by atoms with van der Waals surface area (Å²) < 4.78 is 36.5. The molecule has 0 N–H and O–H groups in total. The van der Waals surface area contributed by atoms with E-state index in [1.54, 1.807) is 7.11 Å². The minimum absolute atomic E-state index is 0.285. The van der Waals surface area contributed by atoms with E-state index in [0.29, 0.717) is 19.8 Å². The standard InChI is InChI=1S/C24H38O6/c1-5-6-7-8-12-15-26-17-20-21(27-16-19-13-10-9-11-14-19)22-24(25-4,29-20)18-28-23(2,3)30-22/h9-11,13-14,20-22H,5-8,12,15-18H2,1-4H3/t20-,21-,22+,24+/m1/s1. The molecule has 1 aromatic rings. The van der Waals surface area contributed by atoms with Crippen molar-refractivity contribution in [3.63, 3.8) is 0 Å². The van der Waals surface area contributed by atoms with Crippen molar-refractivity contribution in [3.05, 3.63) is 35.9 Å². The highest BCUT2D eigenvalue weighted by Crippen LogP contribution is 2.42. The molecule has 2 fully saturated rings. The van der Waals surface area contributed by atoms with E-state index in [0.717, 1.165) is 18.6 Å². The zero-order valence-electron chi connectivity index (χ0n) is 18.9. The molecule has 6 nitrogen and oxygen atoms in total. The van der Waals surface area contributed by atoms with Crippen molar-refractivity contribution < 1.29 is 28.4 Å². The fraction of sp³-hybridized carbons (Fsp3) is 0.750. The van der Waals surface area contributed by atoms with Crippen molar-refractivity contribution in [2.75, 3.05) is 26.9 Å². The van der Waals surface area contributed by atoms with Gasteiger partial charge in [0.1, 0.15) is 24.9 Å². The predicted octanol–water partition coefficient (Wildman–Crippen LogP) is 4.45. The second-order valence-corrected chi connectivity index (χ2v) is 8.65. The van der Waals surface area contributed by atoms with Gasteiger partial charge in [0.15, 0.2) is 5.79 Å². The quantitative estimate of drug-likeness (QED) is 0.464. The lowest BCUT2D eigenvalue weighted by Gasteiger charge is -2.44. The third-order valence-electron chi connectivity index (χ3n) is 5.79. The lowest BCUT2D eigenvalue weighted by atomic mass is 10.0. The SMILES string of the molecule is CCCCCCCOC[C@H]1O[C@@]2(OC)COC(C)(C)O[C@H]2[C@@H]1OCc1ccccc1. The van der Waals surface area contributed by atoms with Gasteiger partial charge in [-0.1, -0.05) is 62.9 Å². The van der Waals surface area contributed by atoms with Crippen LogP contribution in [-0.2, 0) is 35.0 Å². The molecule has 0 unspecified atom stereocenters. The highest BCUT2D eigenvalue weighted by molar-refractivity contribution is 5.14. The largest absolute Gasteiger partial charge is 0.379 e. The van der Waals surface area contributed by atoms with Crippen LogP contribution in [0.1, 0.15) is 58.4 Å². The molecule has 0 radical (unpaired) electrons. The van der Waals surface area contributed by atoms with Crippen LogP contribution < -0.4 is 0 Å². The predicted molar refractivity (Wildman–Crippen MR) is 114 cm³/mol. The van der Waals surface area contributed by atoms with Crippen LogP contribution in [0.3, 0.4) is 0 Å². The van der Waals surface area contributed by atoms with Gasteiger partial charge in [-0.05, 0) is 25.8 Å². The Morgan fingerprint density at radius 3 is 2.53 bits per heavy atom. The molecule has 2 saturated heterocycles. The van der Waals surface area contributed by atoms with Gasteiger partial charge in [0.25, 0.3) is 0 Å². The highest BCUT2D eigenvalue weighted by Gasteiger charge is 2.62. The first-order valence-electron chi connectivity index (χ1n) is 11.3. The van der Waals surface area contributed by atoms with Gasteiger partial charge in [0.2, 0.25) is 5.79 Å². The first kappa shape index (κ1) is 23.6. The monoisotopic (exact) mass is 422 g/mol. The van der Waals surface area contributed by atoms with Crippen LogP contribution in [-0.4, -0.2) is 56.8 Å². The summed E-state index contributed by atoms with van der Waals surface area (Å²) in [7, 11) is 1.63. The van der Waals surface area contributed by atoms with E-state index in [1.807, 2.05) is 32.0 Å². The van der Waals surface area contributed by atoms with Gasteiger partial charge in [0.05, 0.1) is 13.2 Å². The summed E-state index contributed by atoms with van der Waals surface area (Å²) in [6.07, 6.45) is 5.06. The topological polar surface area (TPSA) is 55.4 Å². The molecule has 2 aliphatic heterocycles. The smallest absolute Gasteiger partial charge is 0.222 e. The van der Waals surface area contributed by atoms with Crippen molar-refractivity contribution >= 4 is 0 Å². The lowest BCUT2D eigenvalue weighted by Crippen LogP contribution is -2.59. The molecule has 4 atom stereocenters. The minimum atomic E-state index is -0.980. The molecule has 2 aliphatic rings. The summed E-state index contributed by atoms with van der Waals surface area (Å²) in [4.78, 5) is 0. The van der Waals surface area contributed by atoms with Crippen molar-refractivity contribution in [2.45, 2.75) is 89.4 Å². The van der Waals surface area contributed by atoms with Crippen LogP contribution in [0.5, 0.6) is 0 Å². The summed E-state index contributed by atoms with van der Waals surface area (Å²) in [5.41, 5.74) is 1.11. The zero-order valence-corrected chi connectivity index (χ0v) is 18.9. The fourth-order valence-electron chi connectivity index (χ4n) is 4.04. The van der Waals surface area contributed by atoms with E-state index in [9.17, 15) is 0 Å². The number of rotatable bonds is 12. The molecular weight excluding hydrogens is 384 g/mol. The molecule has 30 heavy (non-hydrogen) atoms. The Kier molecular flexibility index (Phi) is 8.69. The van der Waals surface area contributed by atoms with Crippen LogP contribution in [0, 0.1) is 0 Å². The maximum absolute atomic E-state index is 6.34. The third kappa shape index (κ3) is 6.02. The molecule has 2 heterocycles. The first-order valence-corrected chi connectivity index (χ1v) is 11.3. The van der Waals surface area contributed by atoms with Crippen molar-refractivity contribution in [1.82, 2.24) is 0 Å². The molecule has 170 valence electrons. The summed E-state index contributed by atoms with van der Waals surface area (Å²) in [5.74, 6) is -1.70. The molecule has 0 aliphatic carbocycles. The average Bonchev–Trinajstić information content (AvgIpc) is 3.04. The van der Waals surface area contributed by atoms with Crippen molar-refractivity contribution in [3.8, 4) is 0 Å². The molecule has 6 heteroatoms. The van der Waals surface area contributed by atoms with E-state index < -0.39 is 17.7 Å². The summed E-state index contributed by atoms with van der Waals surface area (Å²) in [6, 6.07) is 10.1. The van der Waals surface area contributed by atoms with E-state index in [2.05, 4.69) is 19.1 Å². The molecule has 0 spiro atoms. The van der Waals surface area contributed by atoms with E-state index >= 15 is 0 Å². The van der Waals surface area contributed by atoms with Gasteiger partial charge < -0.3 is 28.4 Å². The fourth-order valence-corrected chi connectivity index (χ4v) is 4.04. The van der Waals surface area contributed by atoms with Crippen LogP contribution in [0.4, 0.5) is 0 Å². The van der Waals surface area contributed by atoms with Crippen LogP contribution >= 0.6 is 0 Å². The Bertz CT molecular complexity index is 621. The number of unbranched alkanes of at least 4 members (excludes halogenated alkanes) is 4. The molecule has 0 bridgehead atoms. The van der Waals surface area contributed by atoms with Gasteiger partial charge in [-0.25, -0.2) is 0 Å². The van der Waals surface area contributed by atoms with Gasteiger partial charge in [-0.15, -0.1) is 0 Å². The molecule has 0 amide bonds. The van der Waals surface area contributed by atoms with Gasteiger partial charge >= 0.3 is 0 Å².